The molecule has 0 fully saturated rings. The molecule has 1 aliphatic rings. The Labute approximate surface area is 203 Å². The van der Waals surface area contributed by atoms with E-state index in [0.717, 1.165) is 36.4 Å². The van der Waals surface area contributed by atoms with Gasteiger partial charge in [-0.25, -0.2) is 13.6 Å². The van der Waals surface area contributed by atoms with Crippen LogP contribution < -0.4 is 15.5 Å². The van der Waals surface area contributed by atoms with Crippen LogP contribution in [0.2, 0.25) is 0 Å². The van der Waals surface area contributed by atoms with Crippen molar-refractivity contribution in [2.24, 2.45) is 0 Å². The van der Waals surface area contributed by atoms with Gasteiger partial charge in [0.1, 0.15) is 22.7 Å². The predicted octanol–water partition coefficient (Wildman–Crippen LogP) is 5.30. The smallest absolute Gasteiger partial charge is 0.341 e. The predicted molar refractivity (Wildman–Crippen MR) is 131 cm³/mol. The average molecular weight is 497 g/mol. The summed E-state index contributed by atoms with van der Waals surface area (Å²) in [6.07, 6.45) is 4.15. The van der Waals surface area contributed by atoms with Crippen LogP contribution in [-0.4, -0.2) is 29.8 Å². The van der Waals surface area contributed by atoms with Gasteiger partial charge < -0.3 is 19.7 Å². The summed E-state index contributed by atoms with van der Waals surface area (Å²) in [7, 11) is 3.38. The van der Waals surface area contributed by atoms with Crippen LogP contribution in [0.3, 0.4) is 0 Å². The van der Waals surface area contributed by atoms with Gasteiger partial charge >= 0.3 is 5.97 Å². The van der Waals surface area contributed by atoms with E-state index in [1.165, 1.54) is 34.3 Å². The zero-order valence-electron chi connectivity index (χ0n) is 19.0. The number of nitrogens with zero attached hydrogens (tertiary/aromatic N) is 1. The third-order valence-electron chi connectivity index (χ3n) is 6.45. The SMILES string of the molecule is CNC1CCCc2sc(-c3ccc4c(=O)c(C(=O)O)cn(-c5ccc(F)cc5F)c4c3OC)cc21. The third kappa shape index (κ3) is 3.81. The molecule has 0 spiro atoms. The molecule has 2 heterocycles. The second-order valence-corrected chi connectivity index (χ2v) is 9.54. The minimum absolute atomic E-state index is 0.0589. The Balaban J connectivity index is 1.84. The number of carbonyl (C=O) groups is 1. The molecule has 2 N–H and O–H groups in total. The van der Waals surface area contributed by atoms with Gasteiger partial charge in [0.05, 0.1) is 18.2 Å². The standard InChI is InChI=1S/C26H22F2N2O4S/c1-29-19-4-3-5-21-16(19)11-22(35-21)14-7-8-15-23(25(14)34-2)30(12-17(24(15)31)26(32)33)20-9-6-13(27)10-18(20)28/h6-12,19,29H,3-5H2,1-2H3,(H,32,33). The number of pyridine rings is 1. The summed E-state index contributed by atoms with van der Waals surface area (Å²) in [6.45, 7) is 0. The number of thiophene rings is 1. The first kappa shape index (κ1) is 23.2. The van der Waals surface area contributed by atoms with Crippen LogP contribution in [0.25, 0.3) is 27.0 Å². The third-order valence-corrected chi connectivity index (χ3v) is 7.70. The number of carboxylic acid groups (broad SMARTS) is 1. The number of ether oxygens (including phenoxy) is 1. The molecular weight excluding hydrogens is 474 g/mol. The number of aromatic nitrogens is 1. The Morgan fingerprint density at radius 2 is 2.03 bits per heavy atom. The highest BCUT2D eigenvalue weighted by Gasteiger charge is 2.26. The maximum absolute atomic E-state index is 14.9. The van der Waals surface area contributed by atoms with Crippen LogP contribution in [0.15, 0.2) is 47.4 Å². The molecule has 4 aromatic rings. The van der Waals surface area contributed by atoms with Crippen LogP contribution in [-0.2, 0) is 6.42 Å². The minimum atomic E-state index is -1.44. The first-order chi connectivity index (χ1) is 16.8. The van der Waals surface area contributed by atoms with Gasteiger partial charge in [-0.1, -0.05) is 0 Å². The number of rotatable bonds is 5. The lowest BCUT2D eigenvalue weighted by atomic mass is 9.93. The lowest BCUT2D eigenvalue weighted by Gasteiger charge is -2.21. The minimum Gasteiger partial charge on any atom is -0.494 e. The van der Waals surface area contributed by atoms with E-state index in [1.807, 2.05) is 7.05 Å². The largest absolute Gasteiger partial charge is 0.494 e. The van der Waals surface area contributed by atoms with Crippen molar-refractivity contribution in [2.45, 2.75) is 25.3 Å². The summed E-state index contributed by atoms with van der Waals surface area (Å²) >= 11 is 1.64. The number of methoxy groups -OCH3 is 1. The molecule has 1 aliphatic carbocycles. The second kappa shape index (κ2) is 8.90. The Morgan fingerprint density at radius 1 is 1.23 bits per heavy atom. The van der Waals surface area contributed by atoms with Crippen molar-refractivity contribution >= 4 is 28.2 Å². The fraction of sp³-hybridized carbons (Fsp3) is 0.231. The van der Waals surface area contributed by atoms with Crippen molar-refractivity contribution in [3.05, 3.63) is 80.5 Å². The Hall–Kier alpha value is -3.56. The zero-order chi connectivity index (χ0) is 24.9. The highest BCUT2D eigenvalue weighted by atomic mass is 32.1. The monoisotopic (exact) mass is 496 g/mol. The van der Waals surface area contributed by atoms with Gasteiger partial charge in [-0.05, 0) is 62.2 Å². The lowest BCUT2D eigenvalue weighted by Crippen LogP contribution is -2.19. The van der Waals surface area contributed by atoms with Crippen molar-refractivity contribution in [1.29, 1.82) is 0 Å². The number of nitrogens with one attached hydrogen (secondary N) is 1. The Morgan fingerprint density at radius 3 is 2.71 bits per heavy atom. The first-order valence-electron chi connectivity index (χ1n) is 11.1. The van der Waals surface area contributed by atoms with Gasteiger partial charge in [0.15, 0.2) is 5.75 Å². The molecule has 35 heavy (non-hydrogen) atoms. The van der Waals surface area contributed by atoms with Crippen LogP contribution in [0.1, 0.15) is 39.7 Å². The molecule has 5 rings (SSSR count). The molecule has 0 bridgehead atoms. The van der Waals surface area contributed by atoms with Gasteiger partial charge in [0, 0.05) is 33.6 Å². The van der Waals surface area contributed by atoms with Crippen molar-refractivity contribution in [2.75, 3.05) is 14.2 Å². The number of hydrogen-bond acceptors (Lipinski definition) is 5. The van der Waals surface area contributed by atoms with Gasteiger partial charge in [-0.15, -0.1) is 11.3 Å². The summed E-state index contributed by atoms with van der Waals surface area (Å²) < 4.78 is 35.5. The molecule has 0 aliphatic heterocycles. The van der Waals surface area contributed by atoms with Crippen LogP contribution in [0, 0.1) is 11.6 Å². The number of halogens is 2. The number of aromatic carboxylic acids is 1. The fourth-order valence-electron chi connectivity index (χ4n) is 4.80. The molecule has 6 nitrogen and oxygen atoms in total. The summed E-state index contributed by atoms with van der Waals surface area (Å²) in [6, 6.07) is 8.61. The Bertz CT molecular complexity index is 1540. The maximum Gasteiger partial charge on any atom is 0.341 e. The maximum atomic E-state index is 14.9. The number of aryl methyl sites for hydroxylation is 1. The van der Waals surface area contributed by atoms with E-state index in [-0.39, 0.29) is 22.6 Å². The molecule has 1 unspecified atom stereocenters. The van der Waals surface area contributed by atoms with E-state index < -0.39 is 28.6 Å². The van der Waals surface area contributed by atoms with Crippen LogP contribution in [0.4, 0.5) is 8.78 Å². The van der Waals surface area contributed by atoms with E-state index in [0.29, 0.717) is 17.4 Å². The van der Waals surface area contributed by atoms with E-state index in [9.17, 15) is 23.5 Å². The quantitative estimate of drug-likeness (QED) is 0.392. The topological polar surface area (TPSA) is 80.6 Å². The van der Waals surface area contributed by atoms with Crippen molar-refractivity contribution < 1.29 is 23.4 Å². The van der Waals surface area contributed by atoms with Gasteiger partial charge in [0.2, 0.25) is 5.43 Å². The summed E-state index contributed by atoms with van der Waals surface area (Å²) in [5, 5.41) is 13.0. The van der Waals surface area contributed by atoms with Crippen molar-refractivity contribution in [3.63, 3.8) is 0 Å². The number of hydrogen-bond donors (Lipinski definition) is 2. The van der Waals surface area contributed by atoms with Crippen LogP contribution >= 0.6 is 11.3 Å². The summed E-state index contributed by atoms with van der Waals surface area (Å²) in [5.41, 5.74) is 0.797. The molecule has 0 saturated heterocycles. The first-order valence-corrected chi connectivity index (χ1v) is 11.9. The molecule has 2 aromatic carbocycles. The molecule has 180 valence electrons. The second-order valence-electron chi connectivity index (χ2n) is 8.41. The van der Waals surface area contributed by atoms with Crippen molar-refractivity contribution in [3.8, 4) is 21.9 Å². The lowest BCUT2D eigenvalue weighted by molar-refractivity contribution is 0.0695. The Kier molecular flexibility index (Phi) is 5.90. The normalized spacial score (nSPS) is 15.3. The molecule has 1 atom stereocenters. The molecule has 9 heteroatoms. The molecule has 0 saturated carbocycles. The zero-order valence-corrected chi connectivity index (χ0v) is 19.8. The van der Waals surface area contributed by atoms with E-state index >= 15 is 0 Å². The molecule has 2 aromatic heterocycles. The van der Waals surface area contributed by atoms with Crippen molar-refractivity contribution in [1.82, 2.24) is 9.88 Å². The summed E-state index contributed by atoms with van der Waals surface area (Å²) in [4.78, 5) is 27.0. The van der Waals surface area contributed by atoms with Gasteiger partial charge in [0.25, 0.3) is 0 Å². The van der Waals surface area contributed by atoms with Gasteiger partial charge in [-0.3, -0.25) is 4.79 Å². The number of carboxylic acids is 1. The summed E-state index contributed by atoms with van der Waals surface area (Å²) in [5.74, 6) is -2.81. The van der Waals surface area contributed by atoms with E-state index in [4.69, 9.17) is 4.74 Å². The van der Waals surface area contributed by atoms with Gasteiger partial charge in [-0.2, -0.15) is 0 Å². The molecule has 0 radical (unpaired) electrons. The molecular formula is C26H22F2N2O4S. The van der Waals surface area contributed by atoms with Crippen LogP contribution in [0.5, 0.6) is 5.75 Å². The highest BCUT2D eigenvalue weighted by molar-refractivity contribution is 7.15. The van der Waals surface area contributed by atoms with E-state index in [1.54, 1.807) is 17.4 Å². The number of fused-ring (bicyclic) bond motifs is 2. The fourth-order valence-corrected chi connectivity index (χ4v) is 6.09. The highest BCUT2D eigenvalue weighted by Crippen LogP contribution is 2.44. The number of benzene rings is 2. The van der Waals surface area contributed by atoms with E-state index in [2.05, 4.69) is 11.4 Å². The molecule has 0 amide bonds. The average Bonchev–Trinajstić information content (AvgIpc) is 3.28.